The van der Waals surface area contributed by atoms with Crippen LogP contribution in [0.15, 0.2) is 0 Å². The Labute approximate surface area is 122 Å². The number of hydrogen-bond acceptors (Lipinski definition) is 2. The number of carbonyl (C=O) groups is 1. The number of carbonyl (C=O) groups excluding carboxylic acids is 1. The van der Waals surface area contributed by atoms with E-state index in [2.05, 4.69) is 0 Å². The second kappa shape index (κ2) is 11.1. The van der Waals surface area contributed by atoms with Gasteiger partial charge in [0.05, 0.1) is 0 Å². The van der Waals surface area contributed by atoms with E-state index >= 15 is 0 Å². The molecule has 0 saturated heterocycles. The number of rotatable bonds is 7. The third-order valence-electron chi connectivity index (χ3n) is 1.77. The summed E-state index contributed by atoms with van der Waals surface area (Å²) in [5, 5.41) is 9.96. The van der Waals surface area contributed by atoms with Crippen LogP contribution in [0.2, 0.25) is 0 Å². The number of unbranched alkanes of at least 4 members (excludes halogenated alkanes) is 1. The van der Waals surface area contributed by atoms with Crippen LogP contribution in [0.4, 0.5) is 4.39 Å². The second-order valence-electron chi connectivity index (χ2n) is 3.00. The fourth-order valence-electron chi connectivity index (χ4n) is 1.04. The van der Waals surface area contributed by atoms with Gasteiger partial charge >= 0.3 is 51.4 Å². The summed E-state index contributed by atoms with van der Waals surface area (Å²) in [4.78, 5) is 9.96. The number of carboxylic acids is 1. The molecule has 13 heavy (non-hydrogen) atoms. The molecule has 72 valence electrons. The summed E-state index contributed by atoms with van der Waals surface area (Å²) in [5.74, 6) is -1.09. The molecule has 0 aliphatic carbocycles. The molecule has 0 aliphatic rings. The van der Waals surface area contributed by atoms with Crippen LogP contribution < -0.4 is 56.5 Å². The van der Waals surface area contributed by atoms with Crippen molar-refractivity contribution in [1.29, 1.82) is 0 Å². The number of alkyl halides is 1. The van der Waals surface area contributed by atoms with Gasteiger partial charge in [-0.05, 0) is 25.7 Å². The Morgan fingerprint density at radius 2 is 1.92 bits per heavy atom. The number of hydrogen-bond donors (Lipinski definition) is 0. The van der Waals surface area contributed by atoms with Crippen LogP contribution in [-0.4, -0.2) is 12.1 Å². The Morgan fingerprint density at radius 3 is 2.38 bits per heavy atom. The Kier molecular flexibility index (Phi) is 14.1. The fraction of sp³-hybridized carbons (Fsp3) is 0.889. The zero-order valence-corrected chi connectivity index (χ0v) is 11.6. The third-order valence-corrected chi connectivity index (χ3v) is 1.77. The average Bonchev–Trinajstić information content (AvgIpc) is 2.00. The molecule has 2 nitrogen and oxygen atoms in total. The summed E-state index contributed by atoms with van der Waals surface area (Å²) in [7, 11) is 0. The molecular weight excluding hydrogens is 198 g/mol. The Balaban J connectivity index is 0. The first-order valence-electron chi connectivity index (χ1n) is 4.50. The van der Waals surface area contributed by atoms with Crippen molar-refractivity contribution in [3.05, 3.63) is 0 Å². The van der Waals surface area contributed by atoms with Crippen molar-refractivity contribution in [2.24, 2.45) is 0 Å². The normalized spacial score (nSPS) is 11.8. The summed E-state index contributed by atoms with van der Waals surface area (Å²) in [5.41, 5.74) is 0. The number of carboxylic acid groups (broad SMARTS) is 1. The van der Waals surface area contributed by atoms with Crippen LogP contribution in [0.5, 0.6) is 0 Å². The van der Waals surface area contributed by atoms with E-state index in [-0.39, 0.29) is 57.8 Å². The SMILES string of the molecule is CCCCC(F)CCCC(=O)[O-].[K+]. The molecule has 0 aromatic rings. The van der Waals surface area contributed by atoms with Crippen LogP contribution in [0.3, 0.4) is 0 Å². The minimum atomic E-state index is -1.09. The van der Waals surface area contributed by atoms with E-state index in [1.807, 2.05) is 6.92 Å². The van der Waals surface area contributed by atoms with Gasteiger partial charge in [0.25, 0.3) is 0 Å². The summed E-state index contributed by atoms with van der Waals surface area (Å²) in [6.07, 6.45) is 2.33. The van der Waals surface area contributed by atoms with Gasteiger partial charge in [-0.2, -0.15) is 0 Å². The Bertz CT molecular complexity index is 131. The van der Waals surface area contributed by atoms with Gasteiger partial charge in [-0.1, -0.05) is 19.8 Å². The van der Waals surface area contributed by atoms with E-state index in [0.717, 1.165) is 12.8 Å². The first-order chi connectivity index (χ1) is 5.66. The second-order valence-corrected chi connectivity index (χ2v) is 3.00. The molecule has 1 atom stereocenters. The molecule has 0 aromatic heterocycles. The zero-order valence-electron chi connectivity index (χ0n) is 8.51. The van der Waals surface area contributed by atoms with E-state index in [1.165, 1.54) is 0 Å². The van der Waals surface area contributed by atoms with E-state index in [0.29, 0.717) is 19.3 Å². The average molecular weight is 214 g/mol. The minimum Gasteiger partial charge on any atom is -0.550 e. The molecule has 0 amide bonds. The molecular formula is C9H16FKO2. The molecule has 0 bridgehead atoms. The molecule has 0 saturated carbocycles. The maximum Gasteiger partial charge on any atom is 1.00 e. The quantitative estimate of drug-likeness (QED) is 0.481. The predicted molar refractivity (Wildman–Crippen MR) is 43.3 cm³/mol. The summed E-state index contributed by atoms with van der Waals surface area (Å²) >= 11 is 0. The van der Waals surface area contributed by atoms with Crippen molar-refractivity contribution >= 4 is 5.97 Å². The van der Waals surface area contributed by atoms with Crippen molar-refractivity contribution < 1.29 is 65.7 Å². The first-order valence-corrected chi connectivity index (χ1v) is 4.50. The predicted octanol–water partition coefficient (Wildman–Crippen LogP) is -1.56. The van der Waals surface area contributed by atoms with Crippen molar-refractivity contribution in [2.75, 3.05) is 0 Å². The molecule has 0 aromatic carbocycles. The maximum absolute atomic E-state index is 12.8. The van der Waals surface area contributed by atoms with E-state index in [9.17, 15) is 14.3 Å². The molecule has 0 spiro atoms. The van der Waals surface area contributed by atoms with Gasteiger partial charge in [0, 0.05) is 5.97 Å². The van der Waals surface area contributed by atoms with Crippen molar-refractivity contribution in [3.63, 3.8) is 0 Å². The molecule has 0 rings (SSSR count). The minimum absolute atomic E-state index is 0. The van der Waals surface area contributed by atoms with Crippen LogP contribution in [0.25, 0.3) is 0 Å². The van der Waals surface area contributed by atoms with Gasteiger partial charge < -0.3 is 9.90 Å². The third kappa shape index (κ3) is 13.0. The van der Waals surface area contributed by atoms with Crippen molar-refractivity contribution in [2.45, 2.75) is 51.6 Å². The smallest absolute Gasteiger partial charge is 0.550 e. The maximum atomic E-state index is 12.8. The fourth-order valence-corrected chi connectivity index (χ4v) is 1.04. The Hall–Kier alpha value is 1.04. The van der Waals surface area contributed by atoms with Crippen LogP contribution in [0.1, 0.15) is 45.4 Å². The largest absolute Gasteiger partial charge is 1.00 e. The molecule has 0 radical (unpaired) electrons. The number of halogens is 1. The molecule has 0 heterocycles. The summed E-state index contributed by atoms with van der Waals surface area (Å²) in [6.45, 7) is 2.01. The topological polar surface area (TPSA) is 40.1 Å². The molecule has 1 unspecified atom stereocenters. The molecule has 0 aliphatic heterocycles. The van der Waals surface area contributed by atoms with Crippen LogP contribution in [-0.2, 0) is 4.79 Å². The van der Waals surface area contributed by atoms with Crippen molar-refractivity contribution in [1.82, 2.24) is 0 Å². The zero-order chi connectivity index (χ0) is 9.40. The molecule has 4 heteroatoms. The van der Waals surface area contributed by atoms with Crippen LogP contribution >= 0.6 is 0 Å². The van der Waals surface area contributed by atoms with Gasteiger partial charge in [0.15, 0.2) is 0 Å². The van der Waals surface area contributed by atoms with Gasteiger partial charge in [0.1, 0.15) is 6.17 Å². The molecule has 0 fully saturated rings. The van der Waals surface area contributed by atoms with Gasteiger partial charge in [-0.15, -0.1) is 0 Å². The summed E-state index contributed by atoms with van der Waals surface area (Å²) in [6, 6.07) is 0. The van der Waals surface area contributed by atoms with Crippen molar-refractivity contribution in [3.8, 4) is 0 Å². The van der Waals surface area contributed by atoms with E-state index < -0.39 is 12.1 Å². The Morgan fingerprint density at radius 1 is 1.38 bits per heavy atom. The van der Waals surface area contributed by atoms with Crippen LogP contribution in [0, 0.1) is 0 Å². The number of aliphatic carboxylic acids is 1. The van der Waals surface area contributed by atoms with E-state index in [4.69, 9.17) is 0 Å². The molecule has 0 N–H and O–H groups in total. The standard InChI is InChI=1S/C9H17FO2.K/c1-2-3-5-8(10)6-4-7-9(11)12;/h8H,2-7H2,1H3,(H,11,12);/q;+1/p-1. The van der Waals surface area contributed by atoms with Gasteiger partial charge in [-0.25, -0.2) is 4.39 Å². The first kappa shape index (κ1) is 16.5. The van der Waals surface area contributed by atoms with E-state index in [1.54, 1.807) is 0 Å². The van der Waals surface area contributed by atoms with Gasteiger partial charge in [-0.3, -0.25) is 0 Å². The summed E-state index contributed by atoms with van der Waals surface area (Å²) < 4.78 is 12.8. The van der Waals surface area contributed by atoms with Gasteiger partial charge in [0.2, 0.25) is 0 Å². The monoisotopic (exact) mass is 214 g/mol.